The molecule has 118 valence electrons. The van der Waals surface area contributed by atoms with Crippen molar-refractivity contribution >= 4 is 23.8 Å². The molecule has 0 saturated carbocycles. The Labute approximate surface area is 126 Å². The molecule has 0 fully saturated rings. The normalized spacial score (nSPS) is 14.4. The molecule has 0 saturated heterocycles. The van der Waals surface area contributed by atoms with Crippen molar-refractivity contribution in [3.05, 3.63) is 0 Å². The summed E-state index contributed by atoms with van der Waals surface area (Å²) >= 11 is 1.74. The number of hydrogen-bond donors (Lipinski definition) is 3. The van der Waals surface area contributed by atoms with Crippen LogP contribution in [0.5, 0.6) is 0 Å². The predicted molar refractivity (Wildman–Crippen MR) is 84.2 cm³/mol. The third-order valence-electron chi connectivity index (χ3n) is 2.75. The number of carboxylic acids is 1. The third kappa shape index (κ3) is 11.0. The number of nitrogens with one attached hydrogen (secondary N) is 2. The summed E-state index contributed by atoms with van der Waals surface area (Å²) < 4.78 is 0. The van der Waals surface area contributed by atoms with Crippen molar-refractivity contribution in [3.63, 3.8) is 0 Å². The van der Waals surface area contributed by atoms with Crippen molar-refractivity contribution in [2.75, 3.05) is 12.0 Å². The average Bonchev–Trinajstić information content (AvgIpc) is 2.22. The fourth-order valence-corrected chi connectivity index (χ4v) is 2.53. The number of carbonyl (C=O) groups is 2. The fourth-order valence-electron chi connectivity index (χ4n) is 1.94. The molecule has 0 aromatic carbocycles. The van der Waals surface area contributed by atoms with Crippen LogP contribution in [0.15, 0.2) is 0 Å². The van der Waals surface area contributed by atoms with Gasteiger partial charge in [0, 0.05) is 12.1 Å². The van der Waals surface area contributed by atoms with Gasteiger partial charge in [-0.15, -0.1) is 0 Å². The average molecular weight is 304 g/mol. The number of rotatable bonds is 8. The second-order valence-electron chi connectivity index (χ2n) is 6.36. The van der Waals surface area contributed by atoms with E-state index in [1.54, 1.807) is 11.8 Å². The minimum atomic E-state index is -0.894. The Morgan fingerprint density at radius 3 is 2.30 bits per heavy atom. The maximum atomic E-state index is 11.9. The lowest BCUT2D eigenvalue weighted by Gasteiger charge is -2.26. The topological polar surface area (TPSA) is 78.4 Å². The second kappa shape index (κ2) is 9.10. The molecule has 0 aromatic rings. The molecule has 20 heavy (non-hydrogen) atoms. The van der Waals surface area contributed by atoms with E-state index in [9.17, 15) is 9.59 Å². The minimum Gasteiger partial charge on any atom is -0.481 e. The van der Waals surface area contributed by atoms with Crippen LogP contribution in [-0.2, 0) is 4.79 Å². The van der Waals surface area contributed by atoms with Gasteiger partial charge in [-0.05, 0) is 37.2 Å². The largest absolute Gasteiger partial charge is 0.481 e. The van der Waals surface area contributed by atoms with Crippen LogP contribution in [0.3, 0.4) is 0 Å². The summed E-state index contributed by atoms with van der Waals surface area (Å²) in [4.78, 5) is 22.7. The Balaban J connectivity index is 4.34. The summed E-state index contributed by atoms with van der Waals surface area (Å²) in [6.07, 6.45) is 3.51. The summed E-state index contributed by atoms with van der Waals surface area (Å²) in [6, 6.07) is -0.545. The highest BCUT2D eigenvalue weighted by atomic mass is 32.2. The van der Waals surface area contributed by atoms with Crippen LogP contribution in [0.1, 0.15) is 47.0 Å². The molecule has 0 rings (SSSR count). The minimum absolute atomic E-state index is 0.0299. The molecule has 0 aromatic heterocycles. The van der Waals surface area contributed by atoms with E-state index >= 15 is 0 Å². The Hall–Kier alpha value is -0.910. The van der Waals surface area contributed by atoms with Crippen LogP contribution in [0.25, 0.3) is 0 Å². The van der Waals surface area contributed by atoms with E-state index in [1.165, 1.54) is 0 Å². The lowest BCUT2D eigenvalue weighted by molar-refractivity contribution is -0.137. The van der Waals surface area contributed by atoms with Gasteiger partial charge in [-0.2, -0.15) is 11.8 Å². The number of hydrogen-bond acceptors (Lipinski definition) is 3. The maximum Gasteiger partial charge on any atom is 0.315 e. The van der Waals surface area contributed by atoms with Gasteiger partial charge in [0.15, 0.2) is 0 Å². The van der Waals surface area contributed by atoms with Crippen molar-refractivity contribution in [1.29, 1.82) is 0 Å². The highest BCUT2D eigenvalue weighted by molar-refractivity contribution is 7.98. The first kappa shape index (κ1) is 19.1. The van der Waals surface area contributed by atoms with Crippen LogP contribution in [-0.4, -0.2) is 41.2 Å². The van der Waals surface area contributed by atoms with Gasteiger partial charge >= 0.3 is 12.0 Å². The van der Waals surface area contributed by atoms with E-state index in [-0.39, 0.29) is 30.0 Å². The van der Waals surface area contributed by atoms with Crippen molar-refractivity contribution in [3.8, 4) is 0 Å². The zero-order valence-corrected chi connectivity index (χ0v) is 14.0. The zero-order chi connectivity index (χ0) is 15.8. The van der Waals surface area contributed by atoms with Gasteiger partial charge in [0.25, 0.3) is 0 Å². The van der Waals surface area contributed by atoms with Gasteiger partial charge in [0.2, 0.25) is 0 Å². The highest BCUT2D eigenvalue weighted by Gasteiger charge is 2.23. The molecule has 0 aliphatic rings. The van der Waals surface area contributed by atoms with Gasteiger partial charge in [-0.3, -0.25) is 4.79 Å². The molecule has 5 nitrogen and oxygen atoms in total. The van der Waals surface area contributed by atoms with Crippen LogP contribution < -0.4 is 10.6 Å². The standard InChI is InChI=1S/C14H28N2O3S/c1-10(6-7-20-5)15-13(19)16-11(8-12(17)18)9-14(2,3)4/h10-11H,6-9H2,1-5H3,(H,17,18)(H2,15,16,19). The van der Waals surface area contributed by atoms with Gasteiger partial charge < -0.3 is 15.7 Å². The third-order valence-corrected chi connectivity index (χ3v) is 3.39. The number of carboxylic acid groups (broad SMARTS) is 1. The van der Waals surface area contributed by atoms with Gasteiger partial charge in [-0.25, -0.2) is 4.79 Å². The molecule has 2 atom stereocenters. The Morgan fingerprint density at radius 2 is 1.85 bits per heavy atom. The van der Waals surface area contributed by atoms with E-state index in [2.05, 4.69) is 10.6 Å². The van der Waals surface area contributed by atoms with Crippen molar-refractivity contribution in [1.82, 2.24) is 10.6 Å². The monoisotopic (exact) mass is 304 g/mol. The number of aliphatic carboxylic acids is 1. The number of carbonyl (C=O) groups excluding carboxylic acids is 1. The Bertz CT molecular complexity index is 316. The molecule has 6 heteroatoms. The van der Waals surface area contributed by atoms with E-state index in [0.29, 0.717) is 6.42 Å². The first-order valence-corrected chi connectivity index (χ1v) is 8.31. The van der Waals surface area contributed by atoms with Crippen LogP contribution in [0.2, 0.25) is 0 Å². The van der Waals surface area contributed by atoms with Gasteiger partial charge in [0.05, 0.1) is 6.42 Å². The van der Waals surface area contributed by atoms with Crippen LogP contribution >= 0.6 is 11.8 Å². The summed E-state index contributed by atoms with van der Waals surface area (Å²) in [6.45, 7) is 8.04. The Morgan fingerprint density at radius 1 is 1.25 bits per heavy atom. The maximum absolute atomic E-state index is 11.9. The molecule has 2 unspecified atom stereocenters. The highest BCUT2D eigenvalue weighted by Crippen LogP contribution is 2.22. The fraction of sp³-hybridized carbons (Fsp3) is 0.857. The molecule has 2 amide bonds. The Kier molecular flexibility index (Phi) is 8.69. The molecular weight excluding hydrogens is 276 g/mol. The first-order chi connectivity index (χ1) is 9.14. The first-order valence-electron chi connectivity index (χ1n) is 6.92. The molecule has 0 heterocycles. The van der Waals surface area contributed by atoms with Gasteiger partial charge in [-0.1, -0.05) is 20.8 Å². The predicted octanol–water partition coefficient (Wildman–Crippen LogP) is 2.71. The summed E-state index contributed by atoms with van der Waals surface area (Å²) in [5, 5.41) is 14.5. The second-order valence-corrected chi connectivity index (χ2v) is 7.35. The molecule has 0 spiro atoms. The quantitative estimate of drug-likeness (QED) is 0.644. The lowest BCUT2D eigenvalue weighted by Crippen LogP contribution is -2.47. The van der Waals surface area contributed by atoms with Crippen molar-refractivity contribution in [2.45, 2.75) is 59.0 Å². The van der Waals surface area contributed by atoms with Crippen molar-refractivity contribution < 1.29 is 14.7 Å². The summed E-state index contributed by atoms with van der Waals surface area (Å²) in [5.41, 5.74) is -0.0299. The van der Waals surface area contributed by atoms with Crippen LogP contribution in [0, 0.1) is 5.41 Å². The molecular formula is C14H28N2O3S. The molecule has 0 radical (unpaired) electrons. The molecule has 0 aliphatic carbocycles. The van der Waals surface area contributed by atoms with Gasteiger partial charge in [0.1, 0.15) is 0 Å². The van der Waals surface area contributed by atoms with E-state index < -0.39 is 5.97 Å². The molecule has 0 aliphatic heterocycles. The number of urea groups is 1. The lowest BCUT2D eigenvalue weighted by atomic mass is 9.87. The summed E-state index contributed by atoms with van der Waals surface area (Å²) in [5.74, 6) is 0.0946. The molecule has 0 bridgehead atoms. The van der Waals surface area contributed by atoms with Crippen LogP contribution in [0.4, 0.5) is 4.79 Å². The zero-order valence-electron chi connectivity index (χ0n) is 13.2. The number of amides is 2. The SMILES string of the molecule is CSCCC(C)NC(=O)NC(CC(=O)O)CC(C)(C)C. The number of thioether (sulfide) groups is 1. The van der Waals surface area contributed by atoms with E-state index in [4.69, 9.17) is 5.11 Å². The smallest absolute Gasteiger partial charge is 0.315 e. The van der Waals surface area contributed by atoms with Crippen molar-refractivity contribution in [2.24, 2.45) is 5.41 Å². The van der Waals surface area contributed by atoms with E-state index in [0.717, 1.165) is 12.2 Å². The summed E-state index contributed by atoms with van der Waals surface area (Å²) in [7, 11) is 0. The van der Waals surface area contributed by atoms with E-state index in [1.807, 2.05) is 34.0 Å². The molecule has 3 N–H and O–H groups in total.